The standard InChI is InChI=1S/C16H13ClN2O3/c17-13-3-7-15(8-4-13)21-10-9-20-14-5-1-12(2-6-14)16-19-18-11-22-16/h1-8,11H,9-10H2. The molecule has 0 N–H and O–H groups in total. The zero-order valence-electron chi connectivity index (χ0n) is 11.6. The molecular weight excluding hydrogens is 304 g/mol. The van der Waals surface area contributed by atoms with Gasteiger partial charge >= 0.3 is 0 Å². The number of hydrogen-bond acceptors (Lipinski definition) is 5. The second-order valence-corrected chi connectivity index (χ2v) is 4.86. The van der Waals surface area contributed by atoms with Gasteiger partial charge in [-0.1, -0.05) is 11.6 Å². The molecule has 22 heavy (non-hydrogen) atoms. The van der Waals surface area contributed by atoms with Crippen molar-refractivity contribution < 1.29 is 13.9 Å². The van der Waals surface area contributed by atoms with E-state index in [1.165, 1.54) is 6.39 Å². The van der Waals surface area contributed by atoms with Crippen molar-refractivity contribution >= 4 is 11.6 Å². The van der Waals surface area contributed by atoms with Crippen molar-refractivity contribution in [2.45, 2.75) is 0 Å². The van der Waals surface area contributed by atoms with Crippen LogP contribution >= 0.6 is 11.6 Å². The van der Waals surface area contributed by atoms with E-state index in [2.05, 4.69) is 10.2 Å². The molecule has 0 radical (unpaired) electrons. The van der Waals surface area contributed by atoms with Crippen LogP contribution in [0.15, 0.2) is 59.3 Å². The fourth-order valence-corrected chi connectivity index (χ4v) is 1.97. The van der Waals surface area contributed by atoms with Gasteiger partial charge in [-0.05, 0) is 48.5 Å². The third kappa shape index (κ3) is 3.77. The normalized spacial score (nSPS) is 10.4. The Morgan fingerprint density at radius 2 is 1.45 bits per heavy atom. The molecule has 0 aliphatic heterocycles. The average molecular weight is 317 g/mol. The second-order valence-electron chi connectivity index (χ2n) is 4.42. The fourth-order valence-electron chi connectivity index (χ4n) is 1.84. The van der Waals surface area contributed by atoms with Crippen molar-refractivity contribution in [3.8, 4) is 23.0 Å². The average Bonchev–Trinajstić information content (AvgIpc) is 3.08. The molecule has 3 rings (SSSR count). The summed E-state index contributed by atoms with van der Waals surface area (Å²) in [4.78, 5) is 0. The van der Waals surface area contributed by atoms with Gasteiger partial charge < -0.3 is 13.9 Å². The monoisotopic (exact) mass is 316 g/mol. The quantitative estimate of drug-likeness (QED) is 0.646. The van der Waals surface area contributed by atoms with Crippen molar-refractivity contribution in [3.63, 3.8) is 0 Å². The molecule has 0 fully saturated rings. The molecule has 1 heterocycles. The van der Waals surface area contributed by atoms with Crippen LogP contribution in [0, 0.1) is 0 Å². The third-order valence-corrected chi connectivity index (χ3v) is 3.15. The topological polar surface area (TPSA) is 57.4 Å². The van der Waals surface area contributed by atoms with E-state index >= 15 is 0 Å². The van der Waals surface area contributed by atoms with E-state index in [4.69, 9.17) is 25.5 Å². The number of aromatic nitrogens is 2. The molecule has 0 spiro atoms. The van der Waals surface area contributed by atoms with Gasteiger partial charge in [0.15, 0.2) is 0 Å². The van der Waals surface area contributed by atoms with E-state index in [0.29, 0.717) is 24.1 Å². The van der Waals surface area contributed by atoms with Crippen molar-refractivity contribution in [2.75, 3.05) is 13.2 Å². The summed E-state index contributed by atoms with van der Waals surface area (Å²) in [6.45, 7) is 0.898. The lowest BCUT2D eigenvalue weighted by atomic mass is 10.2. The number of hydrogen-bond donors (Lipinski definition) is 0. The Balaban J connectivity index is 1.46. The summed E-state index contributed by atoms with van der Waals surface area (Å²) in [5, 5.41) is 8.17. The number of benzene rings is 2. The van der Waals surface area contributed by atoms with Gasteiger partial charge in [-0.15, -0.1) is 10.2 Å². The number of nitrogens with zero attached hydrogens (tertiary/aromatic N) is 2. The molecular formula is C16H13ClN2O3. The first kappa shape index (κ1) is 14.4. The highest BCUT2D eigenvalue weighted by Gasteiger charge is 2.03. The molecule has 3 aromatic rings. The van der Waals surface area contributed by atoms with Crippen LogP contribution in [0.25, 0.3) is 11.5 Å². The Kier molecular flexibility index (Phi) is 4.56. The third-order valence-electron chi connectivity index (χ3n) is 2.90. The maximum Gasteiger partial charge on any atom is 0.247 e. The Bertz CT molecular complexity index is 697. The summed E-state index contributed by atoms with van der Waals surface area (Å²) in [6, 6.07) is 14.6. The second kappa shape index (κ2) is 6.95. The highest BCUT2D eigenvalue weighted by molar-refractivity contribution is 6.30. The molecule has 5 nitrogen and oxygen atoms in total. The largest absolute Gasteiger partial charge is 0.490 e. The van der Waals surface area contributed by atoms with Gasteiger partial charge in [-0.2, -0.15) is 0 Å². The van der Waals surface area contributed by atoms with Crippen LogP contribution in [0.3, 0.4) is 0 Å². The van der Waals surface area contributed by atoms with E-state index in [0.717, 1.165) is 17.1 Å². The first-order valence-electron chi connectivity index (χ1n) is 6.69. The molecule has 112 valence electrons. The van der Waals surface area contributed by atoms with Gasteiger partial charge in [0.05, 0.1) is 0 Å². The van der Waals surface area contributed by atoms with Crippen molar-refractivity contribution in [3.05, 3.63) is 59.9 Å². The number of halogens is 1. The minimum absolute atomic E-state index is 0.447. The van der Waals surface area contributed by atoms with Crippen LogP contribution in [-0.4, -0.2) is 23.4 Å². The highest BCUT2D eigenvalue weighted by Crippen LogP contribution is 2.20. The van der Waals surface area contributed by atoms with Gasteiger partial charge in [0, 0.05) is 10.6 Å². The minimum Gasteiger partial charge on any atom is -0.490 e. The molecule has 6 heteroatoms. The molecule has 0 bridgehead atoms. The molecule has 2 aromatic carbocycles. The van der Waals surface area contributed by atoms with Gasteiger partial charge in [0.25, 0.3) is 0 Å². The van der Waals surface area contributed by atoms with Crippen LogP contribution in [0.4, 0.5) is 0 Å². The zero-order valence-corrected chi connectivity index (χ0v) is 12.4. The Hall–Kier alpha value is -2.53. The van der Waals surface area contributed by atoms with Crippen LogP contribution in [-0.2, 0) is 0 Å². The zero-order chi connectivity index (χ0) is 15.2. The van der Waals surface area contributed by atoms with E-state index in [1.807, 2.05) is 36.4 Å². The lowest BCUT2D eigenvalue weighted by molar-refractivity contribution is 0.217. The first-order chi connectivity index (χ1) is 10.8. The Morgan fingerprint density at radius 3 is 2.00 bits per heavy atom. The van der Waals surface area contributed by atoms with Gasteiger partial charge in [0.2, 0.25) is 12.3 Å². The van der Waals surface area contributed by atoms with E-state index in [-0.39, 0.29) is 0 Å². The molecule has 0 saturated heterocycles. The maximum atomic E-state index is 5.81. The van der Waals surface area contributed by atoms with Crippen LogP contribution in [0.2, 0.25) is 5.02 Å². The predicted molar refractivity (Wildman–Crippen MR) is 82.2 cm³/mol. The molecule has 0 aliphatic rings. The first-order valence-corrected chi connectivity index (χ1v) is 7.07. The maximum absolute atomic E-state index is 5.81. The van der Waals surface area contributed by atoms with Crippen LogP contribution < -0.4 is 9.47 Å². The van der Waals surface area contributed by atoms with E-state index in [9.17, 15) is 0 Å². The lowest BCUT2D eigenvalue weighted by Gasteiger charge is -2.08. The van der Waals surface area contributed by atoms with E-state index < -0.39 is 0 Å². The summed E-state index contributed by atoms with van der Waals surface area (Å²) in [6.07, 6.45) is 1.30. The molecule has 0 saturated carbocycles. The molecule has 0 aliphatic carbocycles. The summed E-state index contributed by atoms with van der Waals surface area (Å²) in [5.74, 6) is 2.00. The number of ether oxygens (including phenoxy) is 2. The smallest absolute Gasteiger partial charge is 0.247 e. The summed E-state index contributed by atoms with van der Waals surface area (Å²) in [5.41, 5.74) is 0.849. The molecule has 0 atom stereocenters. The minimum atomic E-state index is 0.447. The highest BCUT2D eigenvalue weighted by atomic mass is 35.5. The summed E-state index contributed by atoms with van der Waals surface area (Å²) < 4.78 is 16.3. The molecule has 1 aromatic heterocycles. The molecule has 0 amide bonds. The number of rotatable bonds is 6. The van der Waals surface area contributed by atoms with Crippen molar-refractivity contribution in [1.82, 2.24) is 10.2 Å². The Labute approximate surface area is 132 Å². The molecule has 0 unspecified atom stereocenters. The predicted octanol–water partition coefficient (Wildman–Crippen LogP) is 3.85. The lowest BCUT2D eigenvalue weighted by Crippen LogP contribution is -2.08. The van der Waals surface area contributed by atoms with Crippen molar-refractivity contribution in [2.24, 2.45) is 0 Å². The SMILES string of the molecule is Clc1ccc(OCCOc2ccc(-c3nnco3)cc2)cc1. The van der Waals surface area contributed by atoms with Crippen LogP contribution in [0.5, 0.6) is 11.5 Å². The van der Waals surface area contributed by atoms with E-state index in [1.54, 1.807) is 12.1 Å². The van der Waals surface area contributed by atoms with Crippen molar-refractivity contribution in [1.29, 1.82) is 0 Å². The summed E-state index contributed by atoms with van der Waals surface area (Å²) >= 11 is 5.81. The van der Waals surface area contributed by atoms with Gasteiger partial charge in [-0.3, -0.25) is 0 Å². The van der Waals surface area contributed by atoms with Gasteiger partial charge in [0.1, 0.15) is 24.7 Å². The Morgan fingerprint density at radius 1 is 0.864 bits per heavy atom. The van der Waals surface area contributed by atoms with Gasteiger partial charge in [-0.25, -0.2) is 0 Å². The van der Waals surface area contributed by atoms with Crippen LogP contribution in [0.1, 0.15) is 0 Å². The summed E-state index contributed by atoms with van der Waals surface area (Å²) in [7, 11) is 0. The fraction of sp³-hybridized carbons (Fsp3) is 0.125.